The average Bonchev–Trinajstić information content (AvgIpc) is 3.99. The Balaban J connectivity index is 1.02. The van der Waals surface area contributed by atoms with Crippen LogP contribution in [-0.2, 0) is 0 Å². The molecule has 0 radical (unpaired) electrons. The van der Waals surface area contributed by atoms with Gasteiger partial charge in [0.1, 0.15) is 16.7 Å². The molecule has 0 saturated heterocycles. The third kappa shape index (κ3) is 5.12. The number of thiophene rings is 1. The second kappa shape index (κ2) is 13.1. The minimum Gasteiger partial charge on any atom is -0.455 e. The topological polar surface area (TPSA) is 29.5 Å². The predicted octanol–water partition coefficient (Wildman–Crippen LogP) is 16.3. The molecule has 0 saturated carbocycles. The molecule has 0 unspecified atom stereocenters. The summed E-state index contributed by atoms with van der Waals surface area (Å²) in [5.74, 6) is 0. The zero-order valence-corrected chi connectivity index (χ0v) is 32.0. The van der Waals surface area contributed by atoms with Gasteiger partial charge in [0.15, 0.2) is 5.58 Å². The maximum Gasteiger partial charge on any atom is 0.159 e. The summed E-state index contributed by atoms with van der Waals surface area (Å²) in [4.78, 5) is 2.32. The molecule has 0 aliphatic carbocycles. The minimum atomic E-state index is 0.844. The summed E-state index contributed by atoms with van der Waals surface area (Å²) < 4.78 is 16.0. The summed E-state index contributed by atoms with van der Waals surface area (Å²) >= 11 is 1.86. The van der Waals surface area contributed by atoms with Crippen LogP contribution in [0.5, 0.6) is 0 Å². The minimum absolute atomic E-state index is 0.844. The molecule has 4 heteroatoms. The van der Waals surface area contributed by atoms with Crippen LogP contribution in [0.25, 0.3) is 97.4 Å². The van der Waals surface area contributed by atoms with Crippen molar-refractivity contribution in [3.63, 3.8) is 0 Å². The van der Waals surface area contributed by atoms with Gasteiger partial charge >= 0.3 is 0 Å². The number of furan rings is 2. The summed E-state index contributed by atoms with van der Waals surface area (Å²) in [6, 6.07) is 71.2. The lowest BCUT2D eigenvalue weighted by molar-refractivity contribution is 0.670. The smallest absolute Gasteiger partial charge is 0.159 e. The van der Waals surface area contributed by atoms with Crippen molar-refractivity contribution in [2.45, 2.75) is 0 Å². The zero-order chi connectivity index (χ0) is 38.2. The maximum atomic E-state index is 6.98. The molecule has 0 bridgehead atoms. The van der Waals surface area contributed by atoms with Crippen LogP contribution in [0, 0.1) is 0 Å². The van der Waals surface area contributed by atoms with Gasteiger partial charge in [-0.1, -0.05) is 158 Å². The van der Waals surface area contributed by atoms with Crippen LogP contribution in [0.2, 0.25) is 0 Å². The third-order valence-electron chi connectivity index (χ3n) is 11.5. The van der Waals surface area contributed by atoms with Crippen LogP contribution in [0.15, 0.2) is 209 Å². The van der Waals surface area contributed by atoms with Crippen molar-refractivity contribution in [1.82, 2.24) is 0 Å². The molecule has 0 atom stereocenters. The van der Waals surface area contributed by atoms with E-state index in [0.29, 0.717) is 0 Å². The van der Waals surface area contributed by atoms with Crippen LogP contribution in [-0.4, -0.2) is 0 Å². The first-order chi connectivity index (χ1) is 28.8. The van der Waals surface area contributed by atoms with Gasteiger partial charge in [-0.05, 0) is 64.7 Å². The second-order valence-corrected chi connectivity index (χ2v) is 15.8. The molecule has 3 heterocycles. The second-order valence-electron chi connectivity index (χ2n) is 14.8. The van der Waals surface area contributed by atoms with E-state index in [9.17, 15) is 0 Å². The summed E-state index contributed by atoms with van der Waals surface area (Å²) in [7, 11) is 0. The fourth-order valence-electron chi connectivity index (χ4n) is 8.78. The number of hydrogen-bond donors (Lipinski definition) is 0. The fourth-order valence-corrected chi connectivity index (χ4v) is 10.0. The highest BCUT2D eigenvalue weighted by atomic mass is 32.1. The Morgan fingerprint density at radius 1 is 0.328 bits per heavy atom. The number of hydrogen-bond acceptors (Lipinski definition) is 4. The molecule has 12 rings (SSSR count). The van der Waals surface area contributed by atoms with Crippen molar-refractivity contribution in [3.05, 3.63) is 200 Å². The molecule has 9 aromatic carbocycles. The Morgan fingerprint density at radius 3 is 1.55 bits per heavy atom. The van der Waals surface area contributed by atoms with E-state index in [2.05, 4.69) is 193 Å². The first-order valence-corrected chi connectivity index (χ1v) is 20.4. The Hall–Kier alpha value is -7.40. The molecule has 12 aromatic rings. The van der Waals surface area contributed by atoms with Gasteiger partial charge < -0.3 is 13.7 Å². The number of rotatable bonds is 6. The highest BCUT2D eigenvalue weighted by Gasteiger charge is 2.22. The molecule has 0 aliphatic heterocycles. The molecule has 3 aromatic heterocycles. The van der Waals surface area contributed by atoms with Gasteiger partial charge in [0.05, 0.1) is 5.69 Å². The fraction of sp³-hybridized carbons (Fsp3) is 0. The van der Waals surface area contributed by atoms with E-state index in [-0.39, 0.29) is 0 Å². The average molecular weight is 760 g/mol. The predicted molar refractivity (Wildman–Crippen MR) is 245 cm³/mol. The molecule has 3 nitrogen and oxygen atoms in total. The van der Waals surface area contributed by atoms with Crippen molar-refractivity contribution in [2.24, 2.45) is 0 Å². The van der Waals surface area contributed by atoms with E-state index >= 15 is 0 Å². The van der Waals surface area contributed by atoms with E-state index in [1.165, 1.54) is 31.3 Å². The van der Waals surface area contributed by atoms with Crippen molar-refractivity contribution in [3.8, 4) is 33.4 Å². The van der Waals surface area contributed by atoms with E-state index in [1.54, 1.807) is 0 Å². The highest BCUT2D eigenvalue weighted by Crippen LogP contribution is 2.46. The van der Waals surface area contributed by atoms with Gasteiger partial charge in [0.2, 0.25) is 0 Å². The van der Waals surface area contributed by atoms with Gasteiger partial charge in [-0.2, -0.15) is 0 Å². The van der Waals surface area contributed by atoms with Crippen LogP contribution < -0.4 is 4.90 Å². The Labute approximate surface area is 338 Å². The Bertz CT molecular complexity index is 3340. The molecular weight excluding hydrogens is 727 g/mol. The van der Waals surface area contributed by atoms with Gasteiger partial charge in [-0.3, -0.25) is 0 Å². The van der Waals surface area contributed by atoms with E-state index in [4.69, 9.17) is 8.83 Å². The van der Waals surface area contributed by atoms with Crippen molar-refractivity contribution in [2.75, 3.05) is 4.90 Å². The SMILES string of the molecule is c1ccc(-c2cccc3c2oc2c(N(c4ccc(-c5cccc6c5oc5ccccc56)cc4)c4ccc(-c5cccc6c5sc5ccccc56)cc4)cccc23)cc1. The monoisotopic (exact) mass is 759 g/mol. The molecule has 0 N–H and O–H groups in total. The van der Waals surface area contributed by atoms with E-state index in [0.717, 1.165) is 83.2 Å². The zero-order valence-electron chi connectivity index (χ0n) is 31.2. The van der Waals surface area contributed by atoms with Crippen molar-refractivity contribution < 1.29 is 8.83 Å². The lowest BCUT2D eigenvalue weighted by Crippen LogP contribution is -2.10. The lowest BCUT2D eigenvalue weighted by Gasteiger charge is -2.26. The van der Waals surface area contributed by atoms with Crippen LogP contribution in [0.3, 0.4) is 0 Å². The van der Waals surface area contributed by atoms with Crippen LogP contribution in [0.4, 0.5) is 17.1 Å². The molecule has 0 fully saturated rings. The van der Waals surface area contributed by atoms with Gasteiger partial charge in [-0.25, -0.2) is 0 Å². The van der Waals surface area contributed by atoms with E-state index < -0.39 is 0 Å². The largest absolute Gasteiger partial charge is 0.455 e. The number of benzene rings is 9. The number of fused-ring (bicyclic) bond motifs is 9. The van der Waals surface area contributed by atoms with Gasteiger partial charge in [0.25, 0.3) is 0 Å². The van der Waals surface area contributed by atoms with Crippen LogP contribution in [0.1, 0.15) is 0 Å². The summed E-state index contributed by atoms with van der Waals surface area (Å²) in [6.07, 6.45) is 0. The Morgan fingerprint density at radius 2 is 0.828 bits per heavy atom. The molecule has 58 heavy (non-hydrogen) atoms. The Kier molecular flexibility index (Phi) is 7.40. The van der Waals surface area contributed by atoms with Crippen molar-refractivity contribution in [1.29, 1.82) is 0 Å². The van der Waals surface area contributed by atoms with Gasteiger partial charge in [-0.15, -0.1) is 11.3 Å². The first kappa shape index (κ1) is 32.8. The molecule has 0 spiro atoms. The normalized spacial score (nSPS) is 11.8. The summed E-state index contributed by atoms with van der Waals surface area (Å²) in [5.41, 5.74) is 13.4. The third-order valence-corrected chi connectivity index (χ3v) is 12.7. The van der Waals surface area contributed by atoms with Gasteiger partial charge in [0, 0.05) is 64.2 Å². The number of para-hydroxylation sites is 4. The lowest BCUT2D eigenvalue weighted by atomic mass is 10.0. The maximum absolute atomic E-state index is 6.98. The van der Waals surface area contributed by atoms with E-state index in [1.807, 2.05) is 23.5 Å². The molecule has 0 aliphatic rings. The first-order valence-electron chi connectivity index (χ1n) is 19.6. The number of nitrogens with zero attached hydrogens (tertiary/aromatic N) is 1. The summed E-state index contributed by atoms with van der Waals surface area (Å²) in [6.45, 7) is 0. The summed E-state index contributed by atoms with van der Waals surface area (Å²) in [5, 5.41) is 7.03. The number of anilines is 3. The van der Waals surface area contributed by atoms with Crippen LogP contribution >= 0.6 is 11.3 Å². The quantitative estimate of drug-likeness (QED) is 0.169. The molecular formula is C54H33NO2S. The molecule has 272 valence electrons. The highest BCUT2D eigenvalue weighted by molar-refractivity contribution is 7.26. The molecule has 0 amide bonds. The van der Waals surface area contributed by atoms with Crippen molar-refractivity contribution >= 4 is 92.4 Å². The standard InChI is InChI=1S/C54H33NO2S/c1-2-12-34(13-3-1)39-16-9-20-45-46-21-11-23-48(53(46)57-52(39)45)55(37-30-26-35(27-31-37)40-17-8-19-44-42-14-4-6-24-49(42)56-51(40)44)38-32-28-36(29-33-38)41-18-10-22-47-43-15-5-7-25-50(43)58-54(41)47/h1-33H.